The number of carboxylic acid groups (broad SMARTS) is 1. The molecule has 100 valence electrons. The molecule has 1 N–H and O–H groups in total. The molecule has 0 unspecified atom stereocenters. The maximum Gasteiger partial charge on any atom is 0.371 e. The number of tetrazole rings is 1. The minimum atomic E-state index is -1.10. The molecule has 0 saturated heterocycles. The fraction of sp³-hybridized carbons (Fsp3) is 0.0769. The van der Waals surface area contributed by atoms with Gasteiger partial charge in [-0.3, -0.25) is 0 Å². The number of hydrogen-bond donors (Lipinski definition) is 1. The monoisotopic (exact) mass is 270 g/mol. The number of nitrogens with zero attached hydrogens (tertiary/aromatic N) is 4. The molecule has 0 amide bonds. The Balaban J connectivity index is 1.78. The molecule has 2 aromatic heterocycles. The third kappa shape index (κ3) is 2.41. The number of aromatic carboxylic acids is 1. The van der Waals surface area contributed by atoms with Crippen LogP contribution in [0.15, 0.2) is 46.9 Å². The minimum absolute atomic E-state index is 0.108. The van der Waals surface area contributed by atoms with Crippen molar-refractivity contribution in [1.82, 2.24) is 20.2 Å². The lowest BCUT2D eigenvalue weighted by molar-refractivity contribution is 0.0660. The summed E-state index contributed by atoms with van der Waals surface area (Å²) < 4.78 is 5.14. The first-order chi connectivity index (χ1) is 9.72. The molecule has 0 fully saturated rings. The Hall–Kier alpha value is -2.96. The number of rotatable bonds is 4. The number of benzene rings is 1. The second-order valence-corrected chi connectivity index (χ2v) is 4.08. The maximum atomic E-state index is 10.7. The summed E-state index contributed by atoms with van der Waals surface area (Å²) >= 11 is 0. The lowest BCUT2D eigenvalue weighted by atomic mass is 10.2. The van der Waals surface area contributed by atoms with E-state index in [1.807, 2.05) is 30.3 Å². The predicted molar refractivity (Wildman–Crippen MR) is 68.0 cm³/mol. The highest BCUT2D eigenvalue weighted by atomic mass is 16.4. The van der Waals surface area contributed by atoms with Gasteiger partial charge in [-0.15, -0.1) is 10.2 Å². The summed E-state index contributed by atoms with van der Waals surface area (Å²) in [5.41, 5.74) is 0.865. The second kappa shape index (κ2) is 4.96. The Kier molecular flexibility index (Phi) is 3.00. The number of carbonyl (C=O) groups is 1. The van der Waals surface area contributed by atoms with Crippen molar-refractivity contribution in [2.75, 3.05) is 0 Å². The van der Waals surface area contributed by atoms with E-state index in [2.05, 4.69) is 15.4 Å². The van der Waals surface area contributed by atoms with Crippen LogP contribution in [0.3, 0.4) is 0 Å². The third-order valence-electron chi connectivity index (χ3n) is 2.65. The normalized spacial score (nSPS) is 10.6. The molecule has 3 aromatic rings. The van der Waals surface area contributed by atoms with Crippen LogP contribution in [-0.4, -0.2) is 31.3 Å². The smallest absolute Gasteiger partial charge is 0.371 e. The molecular weight excluding hydrogens is 260 g/mol. The number of aromatic nitrogens is 4. The van der Waals surface area contributed by atoms with Gasteiger partial charge in [0.2, 0.25) is 11.6 Å². The molecule has 0 aliphatic rings. The van der Waals surface area contributed by atoms with Gasteiger partial charge >= 0.3 is 5.97 Å². The zero-order chi connectivity index (χ0) is 13.9. The van der Waals surface area contributed by atoms with Gasteiger partial charge in [0.1, 0.15) is 12.3 Å². The Morgan fingerprint density at radius 2 is 2.00 bits per heavy atom. The molecule has 20 heavy (non-hydrogen) atoms. The molecule has 0 radical (unpaired) electrons. The third-order valence-corrected chi connectivity index (χ3v) is 2.65. The molecule has 0 spiro atoms. The summed E-state index contributed by atoms with van der Waals surface area (Å²) in [7, 11) is 0. The molecule has 0 bridgehead atoms. The van der Waals surface area contributed by atoms with Crippen LogP contribution in [0.4, 0.5) is 0 Å². The Morgan fingerprint density at radius 3 is 2.70 bits per heavy atom. The highest BCUT2D eigenvalue weighted by Crippen LogP contribution is 2.13. The zero-order valence-corrected chi connectivity index (χ0v) is 10.3. The van der Waals surface area contributed by atoms with Gasteiger partial charge in [0.25, 0.3) is 0 Å². The fourth-order valence-corrected chi connectivity index (χ4v) is 1.73. The quantitative estimate of drug-likeness (QED) is 0.775. The average Bonchev–Trinajstić information content (AvgIpc) is 3.10. The van der Waals surface area contributed by atoms with E-state index in [1.165, 1.54) is 10.9 Å². The summed E-state index contributed by atoms with van der Waals surface area (Å²) in [5, 5.41) is 20.8. The van der Waals surface area contributed by atoms with E-state index in [0.29, 0.717) is 11.6 Å². The molecule has 3 rings (SSSR count). The minimum Gasteiger partial charge on any atom is -0.475 e. The summed E-state index contributed by atoms with van der Waals surface area (Å²) in [6.07, 6.45) is 0. The summed E-state index contributed by atoms with van der Waals surface area (Å²) in [6.45, 7) is 0.229. The predicted octanol–water partition coefficient (Wildman–Crippen LogP) is 1.68. The Morgan fingerprint density at radius 1 is 1.20 bits per heavy atom. The zero-order valence-electron chi connectivity index (χ0n) is 10.3. The highest BCUT2D eigenvalue weighted by Gasteiger charge is 2.11. The lowest BCUT2D eigenvalue weighted by Crippen LogP contribution is -2.03. The van der Waals surface area contributed by atoms with Crippen molar-refractivity contribution < 1.29 is 14.3 Å². The summed E-state index contributed by atoms with van der Waals surface area (Å²) in [5.74, 6) is -0.244. The molecule has 0 aliphatic heterocycles. The second-order valence-electron chi connectivity index (χ2n) is 4.08. The van der Waals surface area contributed by atoms with Gasteiger partial charge in [-0.2, -0.15) is 4.80 Å². The van der Waals surface area contributed by atoms with E-state index in [0.717, 1.165) is 5.56 Å². The van der Waals surface area contributed by atoms with Crippen molar-refractivity contribution >= 4 is 5.97 Å². The Bertz CT molecular complexity index is 733. The summed E-state index contributed by atoms with van der Waals surface area (Å²) in [4.78, 5) is 12.1. The van der Waals surface area contributed by atoms with Crippen molar-refractivity contribution in [2.45, 2.75) is 6.54 Å². The number of hydrogen-bond acceptors (Lipinski definition) is 5. The molecule has 1 aromatic carbocycles. The molecule has 2 heterocycles. The Labute approximate surface area is 113 Å². The molecule has 0 saturated carbocycles. The highest BCUT2D eigenvalue weighted by molar-refractivity contribution is 5.84. The molecule has 7 nitrogen and oxygen atoms in total. The van der Waals surface area contributed by atoms with E-state index in [4.69, 9.17) is 9.52 Å². The number of carboxylic acids is 1. The maximum absolute atomic E-state index is 10.7. The molecule has 0 atom stereocenters. The largest absolute Gasteiger partial charge is 0.475 e. The fourth-order valence-electron chi connectivity index (χ4n) is 1.73. The van der Waals surface area contributed by atoms with Crippen LogP contribution in [0.5, 0.6) is 0 Å². The van der Waals surface area contributed by atoms with E-state index in [1.54, 1.807) is 6.07 Å². The number of furan rings is 1. The van der Waals surface area contributed by atoms with Crippen LogP contribution in [0.25, 0.3) is 11.4 Å². The SMILES string of the molecule is O=C(O)c1ccc(Cn2nnc(-c3ccccc3)n2)o1. The van der Waals surface area contributed by atoms with Gasteiger partial charge in [0, 0.05) is 5.56 Å². The van der Waals surface area contributed by atoms with Crippen LogP contribution in [-0.2, 0) is 6.54 Å². The van der Waals surface area contributed by atoms with E-state index < -0.39 is 5.97 Å². The first-order valence-electron chi connectivity index (χ1n) is 5.87. The van der Waals surface area contributed by atoms with Gasteiger partial charge in [-0.25, -0.2) is 4.79 Å². The van der Waals surface area contributed by atoms with Crippen LogP contribution in [0.2, 0.25) is 0 Å². The van der Waals surface area contributed by atoms with Crippen LogP contribution in [0.1, 0.15) is 16.3 Å². The van der Waals surface area contributed by atoms with Gasteiger partial charge in [0.05, 0.1) is 0 Å². The van der Waals surface area contributed by atoms with E-state index >= 15 is 0 Å². The molecule has 0 aliphatic carbocycles. The van der Waals surface area contributed by atoms with Gasteiger partial charge in [-0.1, -0.05) is 30.3 Å². The van der Waals surface area contributed by atoms with Crippen molar-refractivity contribution in [3.05, 3.63) is 54.0 Å². The van der Waals surface area contributed by atoms with Crippen molar-refractivity contribution in [3.63, 3.8) is 0 Å². The van der Waals surface area contributed by atoms with Crippen LogP contribution in [0, 0.1) is 0 Å². The van der Waals surface area contributed by atoms with Gasteiger partial charge in [0.15, 0.2) is 0 Å². The van der Waals surface area contributed by atoms with Crippen LogP contribution < -0.4 is 0 Å². The molecule has 7 heteroatoms. The van der Waals surface area contributed by atoms with E-state index in [9.17, 15) is 4.79 Å². The average molecular weight is 270 g/mol. The standard InChI is InChI=1S/C13H10N4O3/c18-13(19)11-7-6-10(20-11)8-17-15-12(14-16-17)9-4-2-1-3-5-9/h1-7H,8H2,(H,18,19). The lowest BCUT2D eigenvalue weighted by Gasteiger charge is -1.94. The first kappa shape index (κ1) is 12.1. The van der Waals surface area contributed by atoms with E-state index in [-0.39, 0.29) is 12.3 Å². The first-order valence-corrected chi connectivity index (χ1v) is 5.87. The van der Waals surface area contributed by atoms with Crippen molar-refractivity contribution in [2.24, 2.45) is 0 Å². The van der Waals surface area contributed by atoms with Crippen molar-refractivity contribution in [3.8, 4) is 11.4 Å². The molecular formula is C13H10N4O3. The van der Waals surface area contributed by atoms with Crippen molar-refractivity contribution in [1.29, 1.82) is 0 Å². The van der Waals surface area contributed by atoms with Gasteiger partial charge in [-0.05, 0) is 17.3 Å². The van der Waals surface area contributed by atoms with Crippen LogP contribution >= 0.6 is 0 Å². The summed E-state index contributed by atoms with van der Waals surface area (Å²) in [6, 6.07) is 12.4. The van der Waals surface area contributed by atoms with Gasteiger partial charge < -0.3 is 9.52 Å². The topological polar surface area (TPSA) is 94.0 Å².